The Labute approximate surface area is 128 Å². The molecule has 0 atom stereocenters. The molecule has 104 valence electrons. The van der Waals surface area contributed by atoms with Crippen molar-refractivity contribution >= 4 is 46.0 Å². The van der Waals surface area contributed by atoms with Crippen molar-refractivity contribution in [1.82, 2.24) is 5.32 Å². The van der Waals surface area contributed by atoms with Crippen molar-refractivity contribution in [1.29, 1.82) is 0 Å². The first-order valence-electron chi connectivity index (χ1n) is 6.74. The molecule has 1 aromatic rings. The molecular weight excluding hydrogens is 288 g/mol. The standard InChI is InChI=1S/C15H16N2OS2/c1-10-8-11(9-13-14(18)16-15(19)20-13)4-5-12(10)17-6-2-3-7-17/h4-5,8-9H,2-3,6-7H2,1H3,(H,16,18,19)/b13-9-. The van der Waals surface area contributed by atoms with Crippen LogP contribution in [0.2, 0.25) is 0 Å². The van der Waals surface area contributed by atoms with Gasteiger partial charge in [-0.1, -0.05) is 30.0 Å². The van der Waals surface area contributed by atoms with E-state index < -0.39 is 0 Å². The molecule has 0 spiro atoms. The Morgan fingerprint density at radius 2 is 2.10 bits per heavy atom. The summed E-state index contributed by atoms with van der Waals surface area (Å²) in [6.45, 7) is 4.42. The lowest BCUT2D eigenvalue weighted by molar-refractivity contribution is -0.115. The SMILES string of the molecule is Cc1cc(/C=C2\SC(=S)NC2=O)ccc1N1CCCC1. The summed E-state index contributed by atoms with van der Waals surface area (Å²) >= 11 is 6.32. The monoisotopic (exact) mass is 304 g/mol. The molecule has 5 heteroatoms. The van der Waals surface area contributed by atoms with E-state index in [0.29, 0.717) is 9.23 Å². The molecule has 0 saturated carbocycles. The minimum Gasteiger partial charge on any atom is -0.371 e. The molecule has 0 aliphatic carbocycles. The maximum atomic E-state index is 11.7. The van der Waals surface area contributed by atoms with Crippen LogP contribution in [-0.4, -0.2) is 23.3 Å². The summed E-state index contributed by atoms with van der Waals surface area (Å²) in [7, 11) is 0. The van der Waals surface area contributed by atoms with Crippen molar-refractivity contribution in [2.75, 3.05) is 18.0 Å². The number of carbonyl (C=O) groups excluding carboxylic acids is 1. The van der Waals surface area contributed by atoms with E-state index in [-0.39, 0.29) is 5.91 Å². The molecule has 2 aliphatic heterocycles. The van der Waals surface area contributed by atoms with Crippen LogP contribution < -0.4 is 10.2 Å². The van der Waals surface area contributed by atoms with Gasteiger partial charge in [0.2, 0.25) is 0 Å². The van der Waals surface area contributed by atoms with E-state index in [1.54, 1.807) is 0 Å². The summed E-state index contributed by atoms with van der Waals surface area (Å²) in [4.78, 5) is 14.8. The van der Waals surface area contributed by atoms with Gasteiger partial charge in [-0.3, -0.25) is 4.79 Å². The van der Waals surface area contributed by atoms with Crippen molar-refractivity contribution in [2.24, 2.45) is 0 Å². The Hall–Kier alpha value is -1.33. The minimum absolute atomic E-state index is 0.0960. The Balaban J connectivity index is 1.85. The predicted octanol–water partition coefficient (Wildman–Crippen LogP) is 3.08. The van der Waals surface area contributed by atoms with Crippen molar-refractivity contribution in [3.05, 3.63) is 34.2 Å². The lowest BCUT2D eigenvalue weighted by atomic mass is 10.1. The zero-order chi connectivity index (χ0) is 14.1. The zero-order valence-corrected chi connectivity index (χ0v) is 12.9. The van der Waals surface area contributed by atoms with Crippen LogP contribution in [0, 0.1) is 6.92 Å². The molecule has 2 fully saturated rings. The van der Waals surface area contributed by atoms with Gasteiger partial charge in [0, 0.05) is 18.8 Å². The number of nitrogens with zero attached hydrogens (tertiary/aromatic N) is 1. The first-order valence-corrected chi connectivity index (χ1v) is 7.96. The number of anilines is 1. The molecule has 3 rings (SSSR count). The highest BCUT2D eigenvalue weighted by Crippen LogP contribution is 2.29. The second kappa shape index (κ2) is 5.58. The summed E-state index contributed by atoms with van der Waals surface area (Å²) in [5.41, 5.74) is 3.61. The van der Waals surface area contributed by atoms with E-state index in [0.717, 1.165) is 18.7 Å². The van der Waals surface area contributed by atoms with Crippen LogP contribution in [0.5, 0.6) is 0 Å². The molecule has 0 radical (unpaired) electrons. The molecule has 0 bridgehead atoms. The first-order chi connectivity index (χ1) is 9.63. The first kappa shape index (κ1) is 13.6. The molecule has 2 heterocycles. The quantitative estimate of drug-likeness (QED) is 0.672. The highest BCUT2D eigenvalue weighted by Gasteiger charge is 2.22. The van der Waals surface area contributed by atoms with Gasteiger partial charge in [-0.15, -0.1) is 0 Å². The van der Waals surface area contributed by atoms with E-state index in [1.165, 1.54) is 35.9 Å². The normalized spacial score (nSPS) is 20.9. The van der Waals surface area contributed by atoms with Gasteiger partial charge in [-0.25, -0.2) is 0 Å². The maximum absolute atomic E-state index is 11.7. The number of rotatable bonds is 2. The molecule has 1 aromatic carbocycles. The molecule has 1 amide bonds. The number of aryl methyl sites for hydroxylation is 1. The lowest BCUT2D eigenvalue weighted by Gasteiger charge is -2.20. The predicted molar refractivity (Wildman–Crippen MR) is 88.9 cm³/mol. The number of nitrogens with one attached hydrogen (secondary N) is 1. The lowest BCUT2D eigenvalue weighted by Crippen LogP contribution is -2.18. The molecule has 3 nitrogen and oxygen atoms in total. The van der Waals surface area contributed by atoms with Gasteiger partial charge in [0.15, 0.2) is 0 Å². The van der Waals surface area contributed by atoms with Gasteiger partial charge in [0.05, 0.1) is 4.91 Å². The number of thioether (sulfide) groups is 1. The second-order valence-corrected chi connectivity index (χ2v) is 6.81. The molecular formula is C15H16N2OS2. The van der Waals surface area contributed by atoms with Crippen molar-refractivity contribution in [2.45, 2.75) is 19.8 Å². The molecule has 2 aliphatic rings. The largest absolute Gasteiger partial charge is 0.371 e. The van der Waals surface area contributed by atoms with Crippen LogP contribution in [-0.2, 0) is 4.79 Å². The van der Waals surface area contributed by atoms with Gasteiger partial charge >= 0.3 is 0 Å². The van der Waals surface area contributed by atoms with Crippen molar-refractivity contribution in [3.8, 4) is 0 Å². The van der Waals surface area contributed by atoms with Gasteiger partial charge in [0.25, 0.3) is 5.91 Å². The number of carbonyl (C=O) groups is 1. The minimum atomic E-state index is -0.0960. The molecule has 2 saturated heterocycles. The number of hydrogen-bond donors (Lipinski definition) is 1. The molecule has 20 heavy (non-hydrogen) atoms. The van der Waals surface area contributed by atoms with E-state index in [4.69, 9.17) is 12.2 Å². The fraction of sp³-hybridized carbons (Fsp3) is 0.333. The second-order valence-electron chi connectivity index (χ2n) is 5.09. The number of amides is 1. The van der Waals surface area contributed by atoms with E-state index >= 15 is 0 Å². The van der Waals surface area contributed by atoms with Gasteiger partial charge in [0.1, 0.15) is 4.32 Å². The van der Waals surface area contributed by atoms with Crippen molar-refractivity contribution in [3.63, 3.8) is 0 Å². The topological polar surface area (TPSA) is 32.3 Å². The van der Waals surface area contributed by atoms with Crippen LogP contribution in [0.3, 0.4) is 0 Å². The van der Waals surface area contributed by atoms with E-state index in [2.05, 4.69) is 35.3 Å². The summed E-state index contributed by atoms with van der Waals surface area (Å²) in [5.74, 6) is -0.0960. The molecule has 1 N–H and O–H groups in total. The Morgan fingerprint density at radius 3 is 2.70 bits per heavy atom. The highest BCUT2D eigenvalue weighted by molar-refractivity contribution is 8.26. The van der Waals surface area contributed by atoms with Crippen LogP contribution >= 0.6 is 24.0 Å². The Bertz CT molecular complexity index is 604. The Kier molecular flexibility index (Phi) is 3.81. The third-order valence-electron chi connectivity index (χ3n) is 3.61. The van der Waals surface area contributed by atoms with Crippen LogP contribution in [0.1, 0.15) is 24.0 Å². The summed E-state index contributed by atoms with van der Waals surface area (Å²) in [5, 5.41) is 2.64. The average Bonchev–Trinajstić information content (AvgIpc) is 3.00. The smallest absolute Gasteiger partial charge is 0.263 e. The third kappa shape index (κ3) is 2.74. The van der Waals surface area contributed by atoms with E-state index in [9.17, 15) is 4.79 Å². The number of hydrogen-bond acceptors (Lipinski definition) is 4. The summed E-state index contributed by atoms with van der Waals surface area (Å²) in [6.07, 6.45) is 4.46. The van der Waals surface area contributed by atoms with Gasteiger partial charge < -0.3 is 10.2 Å². The zero-order valence-electron chi connectivity index (χ0n) is 11.3. The maximum Gasteiger partial charge on any atom is 0.263 e. The Morgan fingerprint density at radius 1 is 1.35 bits per heavy atom. The van der Waals surface area contributed by atoms with E-state index in [1.807, 2.05) is 6.08 Å². The molecule has 0 unspecified atom stereocenters. The average molecular weight is 304 g/mol. The molecule has 0 aromatic heterocycles. The van der Waals surface area contributed by atoms with Crippen LogP contribution in [0.25, 0.3) is 6.08 Å². The number of thiocarbonyl (C=S) groups is 1. The summed E-state index contributed by atoms with van der Waals surface area (Å²) < 4.78 is 0.534. The van der Waals surface area contributed by atoms with Gasteiger partial charge in [-0.2, -0.15) is 0 Å². The van der Waals surface area contributed by atoms with Crippen LogP contribution in [0.4, 0.5) is 5.69 Å². The highest BCUT2D eigenvalue weighted by atomic mass is 32.2. The fourth-order valence-electron chi connectivity index (χ4n) is 2.65. The third-order valence-corrected chi connectivity index (χ3v) is 4.77. The van der Waals surface area contributed by atoms with Crippen molar-refractivity contribution < 1.29 is 4.79 Å². The summed E-state index contributed by atoms with van der Waals surface area (Å²) in [6, 6.07) is 6.36. The fourth-order valence-corrected chi connectivity index (χ4v) is 3.70. The van der Waals surface area contributed by atoms with Gasteiger partial charge in [-0.05, 0) is 49.1 Å². The van der Waals surface area contributed by atoms with Crippen LogP contribution in [0.15, 0.2) is 23.1 Å². The number of benzene rings is 1.